The van der Waals surface area contributed by atoms with Crippen LogP contribution in [-0.4, -0.2) is 29.5 Å². The van der Waals surface area contributed by atoms with Crippen LogP contribution in [0.5, 0.6) is 0 Å². The first-order chi connectivity index (χ1) is 8.10. The standard InChI is InChI=1S/C11H17N3O3/c1-4-9(2)11(15)17-8-14-6-5-13(3)10(14)7-12-16/h5-7,9H,4,8H2,1-3H3/b10-7-. The summed E-state index contributed by atoms with van der Waals surface area (Å²) in [6.45, 7) is 3.83. The van der Waals surface area contributed by atoms with Crippen LogP contribution in [0.4, 0.5) is 0 Å². The fourth-order valence-electron chi connectivity index (χ4n) is 1.30. The molecule has 94 valence electrons. The van der Waals surface area contributed by atoms with E-state index < -0.39 is 0 Å². The van der Waals surface area contributed by atoms with Crippen molar-refractivity contribution in [1.82, 2.24) is 9.80 Å². The molecule has 1 unspecified atom stereocenters. The Morgan fingerprint density at radius 1 is 1.59 bits per heavy atom. The number of esters is 1. The molecule has 1 aliphatic heterocycles. The SMILES string of the molecule is CCC(C)C(=O)OCN1C=CN(C)/C1=C/N=O. The lowest BCUT2D eigenvalue weighted by Gasteiger charge is -2.21. The number of nitrogens with zero attached hydrogens (tertiary/aromatic N) is 3. The van der Waals surface area contributed by atoms with Gasteiger partial charge in [-0.05, 0) is 11.6 Å². The highest BCUT2D eigenvalue weighted by atomic mass is 16.5. The van der Waals surface area contributed by atoms with Crippen LogP contribution in [-0.2, 0) is 9.53 Å². The van der Waals surface area contributed by atoms with Crippen LogP contribution in [0.1, 0.15) is 20.3 Å². The molecular formula is C11H17N3O3. The molecule has 0 bridgehead atoms. The van der Waals surface area contributed by atoms with Gasteiger partial charge in [-0.25, -0.2) is 0 Å². The van der Waals surface area contributed by atoms with E-state index in [9.17, 15) is 9.70 Å². The molecule has 17 heavy (non-hydrogen) atoms. The average molecular weight is 239 g/mol. The predicted molar refractivity (Wildman–Crippen MR) is 63.0 cm³/mol. The van der Waals surface area contributed by atoms with Gasteiger partial charge in [-0.15, -0.1) is 4.91 Å². The van der Waals surface area contributed by atoms with Crippen LogP contribution < -0.4 is 0 Å². The Hall–Kier alpha value is -1.85. The minimum atomic E-state index is -0.242. The van der Waals surface area contributed by atoms with E-state index in [1.807, 2.05) is 13.8 Å². The van der Waals surface area contributed by atoms with E-state index in [-0.39, 0.29) is 18.6 Å². The molecule has 6 heteroatoms. The van der Waals surface area contributed by atoms with Crippen molar-refractivity contribution in [2.24, 2.45) is 11.1 Å². The second kappa shape index (κ2) is 6.03. The van der Waals surface area contributed by atoms with Gasteiger partial charge in [0.25, 0.3) is 0 Å². The smallest absolute Gasteiger partial charge is 0.310 e. The molecule has 0 aromatic carbocycles. The molecule has 1 atom stereocenters. The molecule has 1 aliphatic rings. The lowest BCUT2D eigenvalue weighted by atomic mass is 10.1. The van der Waals surface area contributed by atoms with Crippen LogP contribution in [0.2, 0.25) is 0 Å². The van der Waals surface area contributed by atoms with Crippen LogP contribution in [0.25, 0.3) is 0 Å². The van der Waals surface area contributed by atoms with Gasteiger partial charge in [-0.2, -0.15) is 0 Å². The lowest BCUT2D eigenvalue weighted by Crippen LogP contribution is -2.26. The summed E-state index contributed by atoms with van der Waals surface area (Å²) in [6.07, 6.45) is 5.40. The first kappa shape index (κ1) is 13.2. The number of rotatable bonds is 5. The predicted octanol–water partition coefficient (Wildman–Crippen LogP) is 1.82. The summed E-state index contributed by atoms with van der Waals surface area (Å²) in [4.78, 5) is 25.1. The second-order valence-electron chi connectivity index (χ2n) is 3.87. The van der Waals surface area contributed by atoms with Crippen molar-refractivity contribution in [3.05, 3.63) is 29.3 Å². The van der Waals surface area contributed by atoms with Crippen molar-refractivity contribution < 1.29 is 9.53 Å². The van der Waals surface area contributed by atoms with E-state index in [4.69, 9.17) is 4.74 Å². The van der Waals surface area contributed by atoms with Gasteiger partial charge < -0.3 is 9.64 Å². The molecule has 0 saturated carbocycles. The van der Waals surface area contributed by atoms with Gasteiger partial charge in [0.2, 0.25) is 0 Å². The molecule has 0 radical (unpaired) electrons. The molecule has 0 amide bonds. The van der Waals surface area contributed by atoms with E-state index in [0.717, 1.165) is 6.42 Å². The van der Waals surface area contributed by atoms with Gasteiger partial charge in [0.05, 0.1) is 5.92 Å². The van der Waals surface area contributed by atoms with E-state index in [1.165, 1.54) is 6.20 Å². The summed E-state index contributed by atoms with van der Waals surface area (Å²) in [7, 11) is 1.78. The molecule has 0 fully saturated rings. The Morgan fingerprint density at radius 2 is 2.29 bits per heavy atom. The van der Waals surface area contributed by atoms with Crippen molar-refractivity contribution >= 4 is 5.97 Å². The van der Waals surface area contributed by atoms with Crippen molar-refractivity contribution in [2.45, 2.75) is 20.3 Å². The number of nitroso groups, excluding NO2 is 1. The Labute approximate surface area is 100 Å². The van der Waals surface area contributed by atoms with Crippen molar-refractivity contribution in [2.75, 3.05) is 13.8 Å². The fourth-order valence-corrected chi connectivity index (χ4v) is 1.30. The van der Waals surface area contributed by atoms with E-state index in [0.29, 0.717) is 5.82 Å². The fraction of sp³-hybridized carbons (Fsp3) is 0.545. The molecule has 0 N–H and O–H groups in total. The quantitative estimate of drug-likeness (QED) is 0.541. The van der Waals surface area contributed by atoms with Crippen LogP contribution in [0.15, 0.2) is 29.6 Å². The second-order valence-corrected chi connectivity index (χ2v) is 3.87. The van der Waals surface area contributed by atoms with Gasteiger partial charge in [0.15, 0.2) is 6.73 Å². The van der Waals surface area contributed by atoms with Gasteiger partial charge >= 0.3 is 5.97 Å². The maximum atomic E-state index is 11.5. The Bertz CT molecular complexity index is 352. The van der Waals surface area contributed by atoms with Gasteiger partial charge in [-0.3, -0.25) is 9.69 Å². The zero-order valence-corrected chi connectivity index (χ0v) is 10.3. The normalized spacial score (nSPS) is 18.6. The summed E-state index contributed by atoms with van der Waals surface area (Å²) in [5.74, 6) is 0.224. The highest BCUT2D eigenvalue weighted by Gasteiger charge is 2.19. The van der Waals surface area contributed by atoms with E-state index in [2.05, 4.69) is 5.18 Å². The zero-order chi connectivity index (χ0) is 12.8. The number of carbonyl (C=O) groups is 1. The molecule has 1 rings (SSSR count). The monoisotopic (exact) mass is 239 g/mol. The minimum absolute atomic E-state index is 0.0887. The summed E-state index contributed by atoms with van der Waals surface area (Å²) in [5, 5.41) is 2.72. The van der Waals surface area contributed by atoms with Crippen LogP contribution in [0, 0.1) is 10.8 Å². The number of ether oxygens (including phenoxy) is 1. The first-order valence-corrected chi connectivity index (χ1v) is 5.47. The lowest BCUT2D eigenvalue weighted by molar-refractivity contribution is -0.151. The Balaban J connectivity index is 2.52. The highest BCUT2D eigenvalue weighted by Crippen LogP contribution is 2.17. The molecule has 1 heterocycles. The van der Waals surface area contributed by atoms with E-state index >= 15 is 0 Å². The summed E-state index contributed by atoms with van der Waals surface area (Å²) < 4.78 is 5.13. The first-order valence-electron chi connectivity index (χ1n) is 5.47. The number of carbonyl (C=O) groups excluding carboxylic acids is 1. The van der Waals surface area contributed by atoms with Crippen molar-refractivity contribution in [1.29, 1.82) is 0 Å². The van der Waals surface area contributed by atoms with Gasteiger partial charge in [-0.1, -0.05) is 13.8 Å². The summed E-state index contributed by atoms with van der Waals surface area (Å²) >= 11 is 0. The summed E-state index contributed by atoms with van der Waals surface area (Å²) in [5.41, 5.74) is 0. The minimum Gasteiger partial charge on any atom is -0.444 e. The zero-order valence-electron chi connectivity index (χ0n) is 10.3. The number of hydrogen-bond donors (Lipinski definition) is 0. The summed E-state index contributed by atoms with van der Waals surface area (Å²) in [6, 6.07) is 0. The third kappa shape index (κ3) is 3.30. The molecule has 6 nitrogen and oxygen atoms in total. The molecule has 0 aliphatic carbocycles. The van der Waals surface area contributed by atoms with Crippen LogP contribution >= 0.6 is 0 Å². The van der Waals surface area contributed by atoms with Gasteiger partial charge in [0, 0.05) is 19.4 Å². The third-order valence-corrected chi connectivity index (χ3v) is 2.65. The van der Waals surface area contributed by atoms with Crippen molar-refractivity contribution in [3.63, 3.8) is 0 Å². The molecular weight excluding hydrogens is 222 g/mol. The maximum absolute atomic E-state index is 11.5. The molecule has 0 aromatic rings. The van der Waals surface area contributed by atoms with Gasteiger partial charge in [0.1, 0.15) is 12.0 Å². The number of hydrogen-bond acceptors (Lipinski definition) is 6. The largest absolute Gasteiger partial charge is 0.444 e. The van der Waals surface area contributed by atoms with Crippen LogP contribution in [0.3, 0.4) is 0 Å². The van der Waals surface area contributed by atoms with Crippen molar-refractivity contribution in [3.8, 4) is 0 Å². The van der Waals surface area contributed by atoms with E-state index in [1.54, 1.807) is 29.2 Å². The third-order valence-electron chi connectivity index (χ3n) is 2.65. The topological polar surface area (TPSA) is 62.2 Å². The molecule has 0 saturated heterocycles. The highest BCUT2D eigenvalue weighted by molar-refractivity contribution is 5.71. The molecule has 0 aromatic heterocycles. The maximum Gasteiger partial charge on any atom is 0.310 e. The molecule has 0 spiro atoms. The average Bonchev–Trinajstić information content (AvgIpc) is 2.67. The Morgan fingerprint density at radius 3 is 2.88 bits per heavy atom. The Kier molecular flexibility index (Phi) is 4.68.